The van der Waals surface area contributed by atoms with Gasteiger partial charge < -0.3 is 5.73 Å². The molecule has 0 aliphatic rings. The summed E-state index contributed by atoms with van der Waals surface area (Å²) >= 11 is 10.2. The van der Waals surface area contributed by atoms with Crippen LogP contribution in [0.2, 0.25) is 5.02 Å². The topological polar surface area (TPSA) is 98.0 Å². The van der Waals surface area contributed by atoms with Crippen LogP contribution in [-0.4, -0.2) is 18.4 Å². The van der Waals surface area contributed by atoms with Crippen LogP contribution in [-0.2, 0) is 10.0 Å². The molecule has 2 heterocycles. The van der Waals surface area contributed by atoms with Gasteiger partial charge in [-0.2, -0.15) is 8.42 Å². The molecule has 0 saturated heterocycles. The van der Waals surface area contributed by atoms with Crippen LogP contribution in [0.3, 0.4) is 0 Å². The van der Waals surface area contributed by atoms with Gasteiger partial charge in [-0.25, -0.2) is 14.4 Å². The normalized spacial score (nSPS) is 11.5. The van der Waals surface area contributed by atoms with Gasteiger partial charge in [0, 0.05) is 5.56 Å². The molecule has 0 amide bonds. The molecular formula is C15H11BrClFN4O2S2. The summed E-state index contributed by atoms with van der Waals surface area (Å²) in [5.41, 5.74) is 7.38. The average Bonchev–Trinajstić information content (AvgIpc) is 2.89. The van der Waals surface area contributed by atoms with Crippen LogP contribution in [0.15, 0.2) is 39.3 Å². The standard InChI is InChI=1S/C15H11BrClFN4O2S2/c1-7-4-9(19)6-20-14(7)26(23,24)22-15-21-12(13(16)25-15)8-2-3-11(18)10(17)5-8/h2-6H,19H2,1H3,(H,21,22). The zero-order chi connectivity index (χ0) is 19.1. The minimum Gasteiger partial charge on any atom is -0.397 e. The number of anilines is 2. The molecule has 0 aliphatic heterocycles. The number of hydrogen-bond donors (Lipinski definition) is 2. The number of nitrogens with one attached hydrogen (secondary N) is 1. The molecule has 3 aromatic rings. The van der Waals surface area contributed by atoms with Gasteiger partial charge in [0.05, 0.1) is 26.4 Å². The maximum atomic E-state index is 13.3. The Hall–Kier alpha value is -1.75. The first-order chi connectivity index (χ1) is 12.2. The van der Waals surface area contributed by atoms with E-state index in [2.05, 4.69) is 30.6 Å². The second kappa shape index (κ2) is 7.10. The number of benzene rings is 1. The van der Waals surface area contributed by atoms with E-state index in [4.69, 9.17) is 17.3 Å². The minimum absolute atomic E-state index is 0.0498. The number of aryl methyl sites for hydroxylation is 1. The second-order valence-corrected chi connectivity index (χ2v) is 9.59. The van der Waals surface area contributed by atoms with Crippen LogP contribution < -0.4 is 10.5 Å². The molecule has 0 fully saturated rings. The molecular weight excluding hydrogens is 467 g/mol. The van der Waals surface area contributed by atoms with Crippen LogP contribution in [0.25, 0.3) is 11.3 Å². The summed E-state index contributed by atoms with van der Waals surface area (Å²) < 4.78 is 41.4. The van der Waals surface area contributed by atoms with Gasteiger partial charge in [-0.1, -0.05) is 22.9 Å². The van der Waals surface area contributed by atoms with Crippen LogP contribution in [0.1, 0.15) is 5.56 Å². The van der Waals surface area contributed by atoms with Crippen molar-refractivity contribution in [3.63, 3.8) is 0 Å². The van der Waals surface area contributed by atoms with Gasteiger partial charge in [0.15, 0.2) is 10.2 Å². The summed E-state index contributed by atoms with van der Waals surface area (Å²) in [7, 11) is -3.94. The SMILES string of the molecule is Cc1cc(N)cnc1S(=O)(=O)Nc1nc(-c2ccc(F)c(Cl)c2)c(Br)s1. The van der Waals surface area contributed by atoms with Crippen molar-refractivity contribution in [2.75, 3.05) is 10.5 Å². The van der Waals surface area contributed by atoms with Gasteiger partial charge in [-0.3, -0.25) is 4.72 Å². The van der Waals surface area contributed by atoms with Gasteiger partial charge in [-0.15, -0.1) is 0 Å². The maximum absolute atomic E-state index is 13.3. The first kappa shape index (κ1) is 19.0. The Bertz CT molecular complexity index is 1110. The predicted octanol–water partition coefficient (Wildman–Crippen LogP) is 4.45. The summed E-state index contributed by atoms with van der Waals surface area (Å²) in [6, 6.07) is 5.66. The Morgan fingerprint density at radius 2 is 2.08 bits per heavy atom. The maximum Gasteiger partial charge on any atom is 0.281 e. The molecule has 6 nitrogen and oxygen atoms in total. The number of nitrogens with zero attached hydrogens (tertiary/aromatic N) is 2. The number of halogens is 3. The van der Waals surface area contributed by atoms with Gasteiger partial charge in [0.25, 0.3) is 10.0 Å². The number of nitrogen functional groups attached to an aromatic ring is 1. The fourth-order valence-electron chi connectivity index (χ4n) is 2.20. The monoisotopic (exact) mass is 476 g/mol. The van der Waals surface area contributed by atoms with Crippen molar-refractivity contribution in [2.45, 2.75) is 11.9 Å². The fourth-order valence-corrected chi connectivity index (χ4v) is 5.26. The second-order valence-electron chi connectivity index (χ2n) is 5.27. The van der Waals surface area contributed by atoms with E-state index in [0.717, 1.165) is 11.3 Å². The Morgan fingerprint density at radius 1 is 1.35 bits per heavy atom. The molecule has 0 radical (unpaired) electrons. The summed E-state index contributed by atoms with van der Waals surface area (Å²) in [4.78, 5) is 8.14. The highest BCUT2D eigenvalue weighted by molar-refractivity contribution is 9.11. The molecule has 11 heteroatoms. The summed E-state index contributed by atoms with van der Waals surface area (Å²) in [6.07, 6.45) is 1.27. The van der Waals surface area contributed by atoms with Crippen molar-refractivity contribution in [3.05, 3.63) is 50.7 Å². The number of sulfonamides is 1. The van der Waals surface area contributed by atoms with E-state index in [1.165, 1.54) is 30.5 Å². The smallest absolute Gasteiger partial charge is 0.281 e. The van der Waals surface area contributed by atoms with Gasteiger partial charge >= 0.3 is 0 Å². The van der Waals surface area contributed by atoms with E-state index in [0.29, 0.717) is 26.3 Å². The Morgan fingerprint density at radius 3 is 2.73 bits per heavy atom. The minimum atomic E-state index is -3.94. The molecule has 26 heavy (non-hydrogen) atoms. The first-order valence-corrected chi connectivity index (χ1v) is 10.5. The number of aromatic nitrogens is 2. The lowest BCUT2D eigenvalue weighted by Crippen LogP contribution is -2.16. The highest BCUT2D eigenvalue weighted by Crippen LogP contribution is 2.37. The van der Waals surface area contributed by atoms with Gasteiger partial charge in [-0.05, 0) is 52.7 Å². The van der Waals surface area contributed by atoms with E-state index in [-0.39, 0.29) is 15.2 Å². The number of nitrogens with two attached hydrogens (primary N) is 1. The highest BCUT2D eigenvalue weighted by Gasteiger charge is 2.22. The lowest BCUT2D eigenvalue weighted by molar-refractivity contribution is 0.597. The molecule has 136 valence electrons. The van der Waals surface area contributed by atoms with Crippen LogP contribution in [0.5, 0.6) is 0 Å². The summed E-state index contributed by atoms with van der Waals surface area (Å²) in [5, 5.41) is -0.0547. The van der Waals surface area contributed by atoms with E-state index < -0.39 is 15.8 Å². The van der Waals surface area contributed by atoms with Crippen molar-refractivity contribution in [1.29, 1.82) is 0 Å². The zero-order valence-electron chi connectivity index (χ0n) is 13.1. The Kier molecular flexibility index (Phi) is 5.20. The third kappa shape index (κ3) is 3.83. The van der Waals surface area contributed by atoms with Gasteiger partial charge in [0.2, 0.25) is 0 Å². The first-order valence-electron chi connectivity index (χ1n) is 7.04. The predicted molar refractivity (Wildman–Crippen MR) is 104 cm³/mol. The molecule has 3 rings (SSSR count). The fraction of sp³-hybridized carbons (Fsp3) is 0.0667. The molecule has 0 bridgehead atoms. The van der Waals surface area contributed by atoms with Crippen LogP contribution in [0.4, 0.5) is 15.2 Å². The lowest BCUT2D eigenvalue weighted by atomic mass is 10.2. The molecule has 0 aliphatic carbocycles. The molecule has 3 N–H and O–H groups in total. The van der Waals surface area contributed by atoms with E-state index >= 15 is 0 Å². The van der Waals surface area contributed by atoms with Crippen LogP contribution in [0, 0.1) is 12.7 Å². The van der Waals surface area contributed by atoms with E-state index in [1.54, 1.807) is 6.92 Å². The quantitative estimate of drug-likeness (QED) is 0.578. The van der Waals surface area contributed by atoms with Crippen molar-refractivity contribution in [2.24, 2.45) is 0 Å². The Balaban J connectivity index is 1.95. The third-order valence-corrected chi connectivity index (χ3v) is 6.74. The molecule has 0 atom stereocenters. The van der Waals surface area contributed by atoms with E-state index in [9.17, 15) is 12.8 Å². The number of rotatable bonds is 4. The zero-order valence-corrected chi connectivity index (χ0v) is 17.1. The van der Waals surface area contributed by atoms with Crippen molar-refractivity contribution < 1.29 is 12.8 Å². The molecule has 0 saturated carbocycles. The van der Waals surface area contributed by atoms with Crippen molar-refractivity contribution in [3.8, 4) is 11.3 Å². The van der Waals surface area contributed by atoms with Crippen molar-refractivity contribution in [1.82, 2.24) is 9.97 Å². The molecule has 2 aromatic heterocycles. The highest BCUT2D eigenvalue weighted by atomic mass is 79.9. The molecule has 0 spiro atoms. The van der Waals surface area contributed by atoms with Gasteiger partial charge in [0.1, 0.15) is 5.82 Å². The molecule has 1 aromatic carbocycles. The third-order valence-electron chi connectivity index (χ3n) is 3.31. The molecule has 0 unspecified atom stereocenters. The number of hydrogen-bond acceptors (Lipinski definition) is 6. The number of thiazole rings is 1. The largest absolute Gasteiger partial charge is 0.397 e. The lowest BCUT2D eigenvalue weighted by Gasteiger charge is -2.07. The van der Waals surface area contributed by atoms with Crippen molar-refractivity contribution >= 4 is 59.7 Å². The summed E-state index contributed by atoms with van der Waals surface area (Å²) in [6.45, 7) is 1.60. The Labute approximate surface area is 166 Å². The van der Waals surface area contributed by atoms with E-state index in [1.807, 2.05) is 0 Å². The average molecular weight is 478 g/mol. The summed E-state index contributed by atoms with van der Waals surface area (Å²) in [5.74, 6) is -0.549. The number of pyridine rings is 1. The van der Waals surface area contributed by atoms with Crippen LogP contribution >= 0.6 is 38.9 Å².